The summed E-state index contributed by atoms with van der Waals surface area (Å²) in [5.74, 6) is -1.16. The Balaban J connectivity index is 2.72. The van der Waals surface area contributed by atoms with Crippen molar-refractivity contribution in [1.82, 2.24) is 0 Å². The van der Waals surface area contributed by atoms with Crippen LogP contribution in [0.2, 0.25) is 0 Å². The molecule has 0 radical (unpaired) electrons. The summed E-state index contributed by atoms with van der Waals surface area (Å²) in [6, 6.07) is 6.57. The predicted molar refractivity (Wildman–Crippen MR) is 83.8 cm³/mol. The molecule has 0 bridgehead atoms. The molecule has 0 aromatic carbocycles. The molecule has 0 aliphatic heterocycles. The molecule has 0 atom stereocenters. The van der Waals surface area contributed by atoms with Gasteiger partial charge in [-0.2, -0.15) is 0 Å². The summed E-state index contributed by atoms with van der Waals surface area (Å²) in [6.45, 7) is 3.81. The fourth-order valence-corrected chi connectivity index (χ4v) is 2.29. The summed E-state index contributed by atoms with van der Waals surface area (Å²) in [5.41, 5.74) is 13.7. The van der Waals surface area contributed by atoms with Crippen LogP contribution in [0.5, 0.6) is 0 Å². The Kier molecular flexibility index (Phi) is 4.50. The van der Waals surface area contributed by atoms with Crippen molar-refractivity contribution in [2.24, 2.45) is 0 Å². The van der Waals surface area contributed by atoms with E-state index in [1.807, 2.05) is 0 Å². The third-order valence-corrected chi connectivity index (χ3v) is 3.21. The highest BCUT2D eigenvalue weighted by Crippen LogP contribution is 2.39. The standard InChI is InChI=1S/C16H18N2O4/c1-3-21-15(19)12-10-7-5-9(17)6-8-11(10)13(14(12)18)16(20)22-4-2/h5-8H,3-4,17-18H2,1-2H3. The van der Waals surface area contributed by atoms with Crippen LogP contribution >= 0.6 is 0 Å². The number of hydrogen-bond donors (Lipinski definition) is 2. The molecular weight excluding hydrogens is 284 g/mol. The first-order valence-corrected chi connectivity index (χ1v) is 6.96. The lowest BCUT2D eigenvalue weighted by molar-refractivity contribution is 0.0525. The zero-order valence-corrected chi connectivity index (χ0v) is 12.5. The lowest BCUT2D eigenvalue weighted by Gasteiger charge is -2.03. The number of nitrogens with two attached hydrogens (primary N) is 2. The minimum absolute atomic E-state index is 0.0664. The van der Waals surface area contributed by atoms with Crippen LogP contribution in [0, 0.1) is 0 Å². The first-order chi connectivity index (χ1) is 10.5. The van der Waals surface area contributed by atoms with Crippen molar-refractivity contribution in [3.05, 3.63) is 35.4 Å². The van der Waals surface area contributed by atoms with Gasteiger partial charge < -0.3 is 20.9 Å². The first kappa shape index (κ1) is 15.6. The molecule has 2 rings (SSSR count). The highest BCUT2D eigenvalue weighted by Gasteiger charge is 2.30. The van der Waals surface area contributed by atoms with Gasteiger partial charge in [-0.15, -0.1) is 0 Å². The van der Waals surface area contributed by atoms with E-state index in [1.165, 1.54) is 0 Å². The largest absolute Gasteiger partial charge is 0.462 e. The number of anilines is 2. The van der Waals surface area contributed by atoms with Crippen LogP contribution in [-0.4, -0.2) is 25.2 Å². The molecule has 0 saturated carbocycles. The van der Waals surface area contributed by atoms with Gasteiger partial charge in [0.05, 0.1) is 30.0 Å². The average molecular weight is 302 g/mol. The normalized spacial score (nSPS) is 10.5. The molecule has 0 heterocycles. The Morgan fingerprint density at radius 2 is 1.27 bits per heavy atom. The van der Waals surface area contributed by atoms with Crippen LogP contribution in [0.4, 0.5) is 11.4 Å². The summed E-state index contributed by atoms with van der Waals surface area (Å²) < 4.78 is 10.1. The van der Waals surface area contributed by atoms with Gasteiger partial charge in [-0.3, -0.25) is 0 Å². The molecule has 0 spiro atoms. The maximum Gasteiger partial charge on any atom is 0.340 e. The van der Waals surface area contributed by atoms with Crippen molar-refractivity contribution >= 4 is 23.3 Å². The van der Waals surface area contributed by atoms with Gasteiger partial charge >= 0.3 is 11.9 Å². The zero-order chi connectivity index (χ0) is 16.3. The topological polar surface area (TPSA) is 105 Å². The Bertz CT molecular complexity index is 641. The summed E-state index contributed by atoms with van der Waals surface area (Å²) in [7, 11) is 0. The minimum atomic E-state index is -0.578. The van der Waals surface area contributed by atoms with E-state index in [1.54, 1.807) is 38.1 Å². The molecule has 0 aromatic rings. The molecule has 6 heteroatoms. The van der Waals surface area contributed by atoms with E-state index in [2.05, 4.69) is 0 Å². The van der Waals surface area contributed by atoms with Crippen LogP contribution in [-0.2, 0) is 9.47 Å². The fourth-order valence-electron chi connectivity index (χ4n) is 2.29. The number of carbonyl (C=O) groups excluding carboxylic acids is 2. The second kappa shape index (κ2) is 6.34. The van der Waals surface area contributed by atoms with Gasteiger partial charge in [0.25, 0.3) is 0 Å². The van der Waals surface area contributed by atoms with Gasteiger partial charge in [-0.25, -0.2) is 9.59 Å². The molecule has 116 valence electrons. The Labute approximate surface area is 128 Å². The predicted octanol–water partition coefficient (Wildman–Crippen LogP) is 2.31. The second-order valence-corrected chi connectivity index (χ2v) is 4.60. The number of carbonyl (C=O) groups is 2. The maximum atomic E-state index is 12.2. The summed E-state index contributed by atoms with van der Waals surface area (Å²) in [5, 5.41) is 0. The number of rotatable bonds is 4. The van der Waals surface area contributed by atoms with E-state index in [9.17, 15) is 9.59 Å². The summed E-state index contributed by atoms with van der Waals surface area (Å²) in [4.78, 5) is 24.3. The lowest BCUT2D eigenvalue weighted by Crippen LogP contribution is -2.09. The fraction of sp³-hybridized carbons (Fsp3) is 0.250. The summed E-state index contributed by atoms with van der Waals surface area (Å²) in [6.07, 6.45) is 0. The van der Waals surface area contributed by atoms with Crippen molar-refractivity contribution in [3.8, 4) is 11.1 Å². The van der Waals surface area contributed by atoms with E-state index in [0.717, 1.165) is 0 Å². The van der Waals surface area contributed by atoms with Crippen LogP contribution in [0.25, 0.3) is 11.1 Å². The van der Waals surface area contributed by atoms with Crippen molar-refractivity contribution in [2.75, 3.05) is 24.7 Å². The zero-order valence-electron chi connectivity index (χ0n) is 12.5. The van der Waals surface area contributed by atoms with Gasteiger partial charge in [0.1, 0.15) is 0 Å². The maximum absolute atomic E-state index is 12.2. The van der Waals surface area contributed by atoms with E-state index in [-0.39, 0.29) is 30.0 Å². The number of fused-ring (bicyclic) bond motifs is 1. The third-order valence-electron chi connectivity index (χ3n) is 3.21. The van der Waals surface area contributed by atoms with Gasteiger partial charge in [0.2, 0.25) is 0 Å². The van der Waals surface area contributed by atoms with Crippen LogP contribution in [0.3, 0.4) is 0 Å². The van der Waals surface area contributed by atoms with Gasteiger partial charge in [-0.1, -0.05) is 12.1 Å². The van der Waals surface area contributed by atoms with Crippen LogP contribution in [0.1, 0.15) is 34.6 Å². The van der Waals surface area contributed by atoms with E-state index >= 15 is 0 Å². The molecule has 6 nitrogen and oxygen atoms in total. The molecule has 2 aliphatic carbocycles. The number of nitrogen functional groups attached to an aromatic ring is 2. The third kappa shape index (κ3) is 2.67. The molecule has 2 aliphatic rings. The molecular formula is C16H18N2O4. The molecule has 0 aromatic heterocycles. The SMILES string of the molecule is CCOC(=O)c1c2ccc(N)ccc-2c(C(=O)OCC)c1N. The van der Waals surface area contributed by atoms with E-state index < -0.39 is 11.9 Å². The molecule has 0 saturated heterocycles. The molecule has 4 N–H and O–H groups in total. The van der Waals surface area contributed by atoms with Crippen molar-refractivity contribution in [1.29, 1.82) is 0 Å². The first-order valence-electron chi connectivity index (χ1n) is 6.96. The van der Waals surface area contributed by atoms with Crippen molar-refractivity contribution in [3.63, 3.8) is 0 Å². The quantitative estimate of drug-likeness (QED) is 0.840. The van der Waals surface area contributed by atoms with Gasteiger partial charge in [-0.05, 0) is 37.1 Å². The summed E-state index contributed by atoms with van der Waals surface area (Å²) >= 11 is 0. The lowest BCUT2D eigenvalue weighted by atomic mass is 10.1. The number of ether oxygens (including phenoxy) is 2. The highest BCUT2D eigenvalue weighted by molar-refractivity contribution is 6.15. The van der Waals surface area contributed by atoms with Gasteiger partial charge in [0.15, 0.2) is 0 Å². The van der Waals surface area contributed by atoms with Crippen molar-refractivity contribution in [2.45, 2.75) is 13.8 Å². The average Bonchev–Trinajstić information content (AvgIpc) is 2.62. The van der Waals surface area contributed by atoms with Crippen LogP contribution < -0.4 is 11.5 Å². The highest BCUT2D eigenvalue weighted by atomic mass is 16.5. The number of esters is 2. The minimum Gasteiger partial charge on any atom is -0.462 e. The molecule has 0 unspecified atom stereocenters. The second-order valence-electron chi connectivity index (χ2n) is 4.60. The van der Waals surface area contributed by atoms with E-state index in [0.29, 0.717) is 16.8 Å². The van der Waals surface area contributed by atoms with Crippen LogP contribution in [0.15, 0.2) is 24.3 Å². The molecule has 0 amide bonds. The smallest absolute Gasteiger partial charge is 0.340 e. The Morgan fingerprint density at radius 1 is 0.864 bits per heavy atom. The molecule has 0 fully saturated rings. The monoisotopic (exact) mass is 302 g/mol. The Hall–Kier alpha value is -2.76. The number of hydrogen-bond acceptors (Lipinski definition) is 6. The molecule has 22 heavy (non-hydrogen) atoms. The van der Waals surface area contributed by atoms with Gasteiger partial charge in [0, 0.05) is 5.69 Å². The van der Waals surface area contributed by atoms with Crippen molar-refractivity contribution < 1.29 is 19.1 Å². The van der Waals surface area contributed by atoms with E-state index in [4.69, 9.17) is 20.9 Å². The Morgan fingerprint density at radius 3 is 1.64 bits per heavy atom.